The van der Waals surface area contributed by atoms with E-state index in [1.807, 2.05) is 29.6 Å². The van der Waals surface area contributed by atoms with Crippen LogP contribution in [0.5, 0.6) is 0 Å². The third kappa shape index (κ3) is 4.27. The maximum absolute atomic E-state index is 13.1. The van der Waals surface area contributed by atoms with Gasteiger partial charge in [-0.25, -0.2) is 9.37 Å². The quantitative estimate of drug-likeness (QED) is 0.580. The van der Waals surface area contributed by atoms with Crippen LogP contribution in [0.4, 0.5) is 15.2 Å². The number of para-hydroxylation sites is 1. The molecule has 0 bridgehead atoms. The van der Waals surface area contributed by atoms with Crippen LogP contribution in [0.25, 0.3) is 11.3 Å². The smallest absolute Gasteiger partial charge is 0.185 e. The van der Waals surface area contributed by atoms with Crippen LogP contribution in [-0.2, 0) is 0 Å². The molecule has 2 heterocycles. The molecule has 1 aliphatic rings. The molecule has 1 fully saturated rings. The van der Waals surface area contributed by atoms with E-state index in [1.165, 1.54) is 12.1 Å². The average Bonchev–Trinajstić information content (AvgIpc) is 3.20. The van der Waals surface area contributed by atoms with Gasteiger partial charge in [0.05, 0.1) is 16.4 Å². The Morgan fingerprint density at radius 2 is 1.79 bits per heavy atom. The molecule has 28 heavy (non-hydrogen) atoms. The predicted octanol–water partition coefficient (Wildman–Crippen LogP) is 5.12. The SMILES string of the molecule is Fc1ccc(-c2csc(N3CCN(C(=S)Nc4ccccc4Cl)CC3)n2)cc1. The van der Waals surface area contributed by atoms with Crippen LogP contribution in [-0.4, -0.2) is 41.2 Å². The number of thiocarbonyl (C=S) groups is 1. The third-order valence-electron chi connectivity index (χ3n) is 4.58. The van der Waals surface area contributed by atoms with Gasteiger partial charge in [-0.1, -0.05) is 23.7 Å². The van der Waals surface area contributed by atoms with Gasteiger partial charge in [0.2, 0.25) is 0 Å². The first kappa shape index (κ1) is 19.1. The summed E-state index contributed by atoms with van der Waals surface area (Å²) in [6, 6.07) is 14.0. The van der Waals surface area contributed by atoms with Crippen molar-refractivity contribution in [3.05, 3.63) is 64.8 Å². The molecule has 0 saturated carbocycles. The fourth-order valence-electron chi connectivity index (χ4n) is 3.02. The Labute approximate surface area is 177 Å². The zero-order valence-electron chi connectivity index (χ0n) is 14.9. The summed E-state index contributed by atoms with van der Waals surface area (Å²) >= 11 is 13.3. The van der Waals surface area contributed by atoms with E-state index in [2.05, 4.69) is 15.1 Å². The average molecular weight is 433 g/mol. The van der Waals surface area contributed by atoms with Gasteiger partial charge in [0.25, 0.3) is 0 Å². The van der Waals surface area contributed by atoms with Crippen molar-refractivity contribution >= 4 is 51.1 Å². The maximum atomic E-state index is 13.1. The summed E-state index contributed by atoms with van der Waals surface area (Å²) in [6.07, 6.45) is 0. The third-order valence-corrected chi connectivity index (χ3v) is 6.18. The van der Waals surface area contributed by atoms with Gasteiger partial charge in [0, 0.05) is 37.1 Å². The van der Waals surface area contributed by atoms with Crippen molar-refractivity contribution < 1.29 is 4.39 Å². The Morgan fingerprint density at radius 1 is 1.07 bits per heavy atom. The van der Waals surface area contributed by atoms with Crippen LogP contribution in [0.2, 0.25) is 5.02 Å². The minimum Gasteiger partial charge on any atom is -0.345 e. The zero-order chi connectivity index (χ0) is 19.5. The fraction of sp³-hybridized carbons (Fsp3) is 0.200. The number of nitrogens with one attached hydrogen (secondary N) is 1. The van der Waals surface area contributed by atoms with Gasteiger partial charge < -0.3 is 15.1 Å². The maximum Gasteiger partial charge on any atom is 0.185 e. The molecule has 1 N–H and O–H groups in total. The summed E-state index contributed by atoms with van der Waals surface area (Å²) in [7, 11) is 0. The molecule has 0 radical (unpaired) electrons. The molecule has 1 aromatic heterocycles. The second kappa shape index (κ2) is 8.43. The summed E-state index contributed by atoms with van der Waals surface area (Å²) in [5.74, 6) is -0.239. The van der Waals surface area contributed by atoms with Crippen molar-refractivity contribution in [2.24, 2.45) is 0 Å². The Bertz CT molecular complexity index is 968. The van der Waals surface area contributed by atoms with Gasteiger partial charge in [0.1, 0.15) is 5.82 Å². The Hall–Kier alpha value is -2.22. The summed E-state index contributed by atoms with van der Waals surface area (Å²) in [4.78, 5) is 9.12. The Balaban J connectivity index is 1.36. The first-order valence-electron chi connectivity index (χ1n) is 8.87. The van der Waals surface area contributed by atoms with E-state index in [-0.39, 0.29) is 5.82 Å². The normalized spacial score (nSPS) is 14.2. The number of hydrogen-bond acceptors (Lipinski definition) is 4. The van der Waals surface area contributed by atoms with Crippen LogP contribution in [0.1, 0.15) is 0 Å². The molecule has 1 saturated heterocycles. The lowest BCUT2D eigenvalue weighted by Gasteiger charge is -2.36. The van der Waals surface area contributed by atoms with Gasteiger partial charge in [-0.2, -0.15) is 0 Å². The fourth-order valence-corrected chi connectivity index (χ4v) is 4.38. The highest BCUT2D eigenvalue weighted by molar-refractivity contribution is 7.80. The molecule has 4 nitrogen and oxygen atoms in total. The highest BCUT2D eigenvalue weighted by Gasteiger charge is 2.21. The summed E-state index contributed by atoms with van der Waals surface area (Å²) in [5, 5.41) is 7.55. The van der Waals surface area contributed by atoms with Crippen molar-refractivity contribution in [3.63, 3.8) is 0 Å². The van der Waals surface area contributed by atoms with E-state index in [1.54, 1.807) is 23.5 Å². The molecular weight excluding hydrogens is 415 g/mol. The van der Waals surface area contributed by atoms with Crippen molar-refractivity contribution in [3.8, 4) is 11.3 Å². The van der Waals surface area contributed by atoms with Crippen LogP contribution in [0, 0.1) is 5.82 Å². The van der Waals surface area contributed by atoms with Crippen LogP contribution < -0.4 is 10.2 Å². The number of hydrogen-bond donors (Lipinski definition) is 1. The number of halogens is 2. The number of aromatic nitrogens is 1. The number of piperazine rings is 1. The van der Waals surface area contributed by atoms with E-state index in [4.69, 9.17) is 28.8 Å². The first-order chi connectivity index (χ1) is 13.6. The summed E-state index contributed by atoms with van der Waals surface area (Å²) in [5.41, 5.74) is 2.62. The summed E-state index contributed by atoms with van der Waals surface area (Å²) in [6.45, 7) is 3.28. The van der Waals surface area contributed by atoms with E-state index in [0.717, 1.165) is 48.3 Å². The van der Waals surface area contributed by atoms with Crippen LogP contribution in [0.3, 0.4) is 0 Å². The minimum atomic E-state index is -0.239. The lowest BCUT2D eigenvalue weighted by molar-refractivity contribution is 0.390. The van der Waals surface area contributed by atoms with Gasteiger partial charge >= 0.3 is 0 Å². The molecule has 0 atom stereocenters. The molecule has 0 amide bonds. The number of rotatable bonds is 3. The number of nitrogens with zero attached hydrogens (tertiary/aromatic N) is 3. The number of thiazole rings is 1. The Kier molecular flexibility index (Phi) is 5.75. The molecule has 4 rings (SSSR count). The highest BCUT2D eigenvalue weighted by atomic mass is 35.5. The lowest BCUT2D eigenvalue weighted by Crippen LogP contribution is -2.50. The molecule has 1 aliphatic heterocycles. The molecule has 0 aliphatic carbocycles. The van der Waals surface area contributed by atoms with Gasteiger partial charge in [-0.15, -0.1) is 11.3 Å². The topological polar surface area (TPSA) is 31.4 Å². The van der Waals surface area contributed by atoms with E-state index < -0.39 is 0 Å². The van der Waals surface area contributed by atoms with Crippen LogP contribution >= 0.6 is 35.2 Å². The Morgan fingerprint density at radius 3 is 2.50 bits per heavy atom. The van der Waals surface area contributed by atoms with E-state index in [0.29, 0.717) is 10.1 Å². The second-order valence-electron chi connectivity index (χ2n) is 6.41. The zero-order valence-corrected chi connectivity index (χ0v) is 17.3. The highest BCUT2D eigenvalue weighted by Crippen LogP contribution is 2.28. The van der Waals surface area contributed by atoms with Gasteiger partial charge in [0.15, 0.2) is 10.2 Å². The lowest BCUT2D eigenvalue weighted by atomic mass is 10.2. The number of benzene rings is 2. The van der Waals surface area contributed by atoms with Crippen molar-refractivity contribution in [1.29, 1.82) is 0 Å². The number of anilines is 2. The van der Waals surface area contributed by atoms with E-state index in [9.17, 15) is 4.39 Å². The molecule has 144 valence electrons. The van der Waals surface area contributed by atoms with Crippen molar-refractivity contribution in [2.45, 2.75) is 0 Å². The van der Waals surface area contributed by atoms with Gasteiger partial charge in [-0.05, 0) is 48.6 Å². The second-order valence-corrected chi connectivity index (χ2v) is 8.04. The van der Waals surface area contributed by atoms with Gasteiger partial charge in [-0.3, -0.25) is 0 Å². The monoisotopic (exact) mass is 432 g/mol. The minimum absolute atomic E-state index is 0.239. The first-order valence-corrected chi connectivity index (χ1v) is 10.5. The standard InChI is InChI=1S/C20H18ClFN4S2/c21-16-3-1-2-4-17(16)23-19(27)25-9-11-26(12-10-25)20-24-18(13-28-20)14-5-7-15(22)8-6-14/h1-8,13H,9-12H2,(H,23,27). The molecule has 0 unspecified atom stereocenters. The molecular formula is C20H18ClFN4S2. The molecule has 2 aromatic carbocycles. The van der Waals surface area contributed by atoms with E-state index >= 15 is 0 Å². The molecule has 8 heteroatoms. The predicted molar refractivity (Wildman–Crippen MR) is 119 cm³/mol. The molecule has 3 aromatic rings. The largest absolute Gasteiger partial charge is 0.345 e. The van der Waals surface area contributed by atoms with Crippen LogP contribution in [0.15, 0.2) is 53.9 Å². The molecule has 0 spiro atoms. The van der Waals surface area contributed by atoms with Crippen molar-refractivity contribution in [2.75, 3.05) is 36.4 Å². The summed E-state index contributed by atoms with van der Waals surface area (Å²) < 4.78 is 13.1. The van der Waals surface area contributed by atoms with Crippen molar-refractivity contribution in [1.82, 2.24) is 9.88 Å².